The summed E-state index contributed by atoms with van der Waals surface area (Å²) in [7, 11) is 0. The number of anilines is 1. The minimum atomic E-state index is -0.142. The molecule has 1 heterocycles. The average Bonchev–Trinajstić information content (AvgIpc) is 2.95. The quantitative estimate of drug-likeness (QED) is 0.900. The number of hydrogen-bond donors (Lipinski definition) is 2. The molecule has 102 valence electrons. The maximum Gasteiger partial charge on any atom is 0.255 e. The summed E-state index contributed by atoms with van der Waals surface area (Å²) < 4.78 is 5.34. The Morgan fingerprint density at radius 1 is 1.10 bits per heavy atom. The molecule has 4 nitrogen and oxygen atoms in total. The van der Waals surface area contributed by atoms with E-state index in [1.807, 2.05) is 18.2 Å². The van der Waals surface area contributed by atoms with E-state index in [1.165, 1.54) is 0 Å². The Hall–Kier alpha value is -2.17. The smallest absolute Gasteiger partial charge is 0.255 e. The van der Waals surface area contributed by atoms with E-state index in [1.54, 1.807) is 24.3 Å². The highest BCUT2D eigenvalue weighted by molar-refractivity contribution is 6.04. The molecule has 2 N–H and O–H groups in total. The lowest BCUT2D eigenvalue weighted by Gasteiger charge is -2.07. The molecule has 0 unspecified atom stereocenters. The summed E-state index contributed by atoms with van der Waals surface area (Å²) in [6.45, 7) is 1.19. The lowest BCUT2D eigenvalue weighted by molar-refractivity contribution is 0.102. The molecule has 1 aliphatic heterocycles. The van der Waals surface area contributed by atoms with E-state index in [2.05, 4.69) is 5.32 Å². The van der Waals surface area contributed by atoms with E-state index in [0.717, 1.165) is 16.7 Å². The summed E-state index contributed by atoms with van der Waals surface area (Å²) in [5.74, 6) is -0.142. The van der Waals surface area contributed by atoms with Gasteiger partial charge in [0, 0.05) is 11.3 Å². The fourth-order valence-corrected chi connectivity index (χ4v) is 2.21. The monoisotopic (exact) mass is 269 g/mol. The minimum absolute atomic E-state index is 0.000944. The number of nitrogens with one attached hydrogen (secondary N) is 1. The number of carbonyl (C=O) groups excluding carboxylic acids is 1. The second-order valence-electron chi connectivity index (χ2n) is 4.79. The summed E-state index contributed by atoms with van der Waals surface area (Å²) in [6, 6.07) is 12.7. The highest BCUT2D eigenvalue weighted by Crippen LogP contribution is 2.21. The molecule has 0 aliphatic carbocycles. The van der Waals surface area contributed by atoms with Gasteiger partial charge in [-0.25, -0.2) is 0 Å². The Kier molecular flexibility index (Phi) is 3.50. The zero-order valence-electron chi connectivity index (χ0n) is 10.9. The van der Waals surface area contributed by atoms with Crippen LogP contribution in [0, 0.1) is 0 Å². The van der Waals surface area contributed by atoms with Gasteiger partial charge in [0.2, 0.25) is 0 Å². The summed E-state index contributed by atoms with van der Waals surface area (Å²) in [5.41, 5.74) is 4.38. The molecule has 0 fully saturated rings. The van der Waals surface area contributed by atoms with E-state index in [-0.39, 0.29) is 12.5 Å². The molecule has 4 heteroatoms. The molecule has 2 aromatic carbocycles. The zero-order valence-corrected chi connectivity index (χ0v) is 10.9. The van der Waals surface area contributed by atoms with Crippen LogP contribution < -0.4 is 5.32 Å². The molecule has 0 saturated heterocycles. The molecule has 1 aliphatic rings. The fraction of sp³-hybridized carbons (Fsp3) is 0.188. The maximum absolute atomic E-state index is 12.2. The van der Waals surface area contributed by atoms with Crippen molar-refractivity contribution in [2.75, 3.05) is 5.32 Å². The molecule has 0 saturated carbocycles. The van der Waals surface area contributed by atoms with E-state index < -0.39 is 0 Å². The summed E-state index contributed by atoms with van der Waals surface area (Å²) in [6.07, 6.45) is 0. The van der Waals surface area contributed by atoms with E-state index in [0.29, 0.717) is 24.5 Å². The fourth-order valence-electron chi connectivity index (χ4n) is 2.21. The zero-order chi connectivity index (χ0) is 13.9. The van der Waals surface area contributed by atoms with Gasteiger partial charge in [0.05, 0.1) is 19.8 Å². The first-order chi connectivity index (χ1) is 9.76. The van der Waals surface area contributed by atoms with Crippen molar-refractivity contribution in [1.29, 1.82) is 0 Å². The number of carbonyl (C=O) groups is 1. The van der Waals surface area contributed by atoms with Gasteiger partial charge >= 0.3 is 0 Å². The number of aliphatic hydroxyl groups excluding tert-OH is 1. The number of fused-ring (bicyclic) bond motifs is 1. The van der Waals surface area contributed by atoms with Crippen LogP contribution in [-0.2, 0) is 24.6 Å². The first-order valence-electron chi connectivity index (χ1n) is 6.47. The van der Waals surface area contributed by atoms with Crippen molar-refractivity contribution >= 4 is 11.6 Å². The molecule has 3 rings (SSSR count). The molecule has 0 aromatic heterocycles. The number of rotatable bonds is 3. The van der Waals surface area contributed by atoms with E-state index in [9.17, 15) is 4.79 Å². The third-order valence-corrected chi connectivity index (χ3v) is 3.38. The highest BCUT2D eigenvalue weighted by atomic mass is 16.5. The normalized spacial score (nSPS) is 13.1. The first kappa shape index (κ1) is 12.8. The Morgan fingerprint density at radius 2 is 1.85 bits per heavy atom. The van der Waals surface area contributed by atoms with Crippen LogP contribution in [0.1, 0.15) is 27.0 Å². The standard InChI is InChI=1S/C16H15NO3/c18-8-11-1-5-15(6-2-11)17-16(19)12-3-4-13-9-20-10-14(13)7-12/h1-7,18H,8-10H2,(H,17,19). The van der Waals surface area contributed by atoms with Gasteiger partial charge in [-0.1, -0.05) is 18.2 Å². The lowest BCUT2D eigenvalue weighted by Crippen LogP contribution is -2.12. The van der Waals surface area contributed by atoms with Crippen molar-refractivity contribution in [2.45, 2.75) is 19.8 Å². The van der Waals surface area contributed by atoms with Gasteiger partial charge in [-0.15, -0.1) is 0 Å². The van der Waals surface area contributed by atoms with Crippen LogP contribution >= 0.6 is 0 Å². The van der Waals surface area contributed by atoms with Gasteiger partial charge in [-0.2, -0.15) is 0 Å². The number of hydrogen-bond acceptors (Lipinski definition) is 3. The van der Waals surface area contributed by atoms with E-state index in [4.69, 9.17) is 9.84 Å². The molecule has 20 heavy (non-hydrogen) atoms. The number of benzene rings is 2. The maximum atomic E-state index is 12.2. The molecule has 0 spiro atoms. The van der Waals surface area contributed by atoms with Crippen molar-refractivity contribution in [3.63, 3.8) is 0 Å². The van der Waals surface area contributed by atoms with Crippen molar-refractivity contribution < 1.29 is 14.6 Å². The number of aliphatic hydroxyl groups is 1. The molecular formula is C16H15NO3. The Balaban J connectivity index is 1.75. The van der Waals surface area contributed by atoms with Crippen LogP contribution in [0.3, 0.4) is 0 Å². The van der Waals surface area contributed by atoms with Crippen LogP contribution in [-0.4, -0.2) is 11.0 Å². The average molecular weight is 269 g/mol. The Bertz CT molecular complexity index is 635. The number of ether oxygens (including phenoxy) is 1. The third kappa shape index (κ3) is 2.57. The summed E-state index contributed by atoms with van der Waals surface area (Å²) in [5, 5.41) is 11.8. The van der Waals surface area contributed by atoms with Crippen molar-refractivity contribution in [3.05, 3.63) is 64.7 Å². The summed E-state index contributed by atoms with van der Waals surface area (Å²) in [4.78, 5) is 12.2. The topological polar surface area (TPSA) is 58.6 Å². The second kappa shape index (κ2) is 5.45. The predicted octanol–water partition coefficient (Wildman–Crippen LogP) is 2.46. The third-order valence-electron chi connectivity index (χ3n) is 3.38. The first-order valence-corrected chi connectivity index (χ1v) is 6.47. The van der Waals surface area contributed by atoms with Crippen LogP contribution in [0.15, 0.2) is 42.5 Å². The molecule has 2 aromatic rings. The van der Waals surface area contributed by atoms with Crippen LogP contribution in [0.5, 0.6) is 0 Å². The molecular weight excluding hydrogens is 254 g/mol. The van der Waals surface area contributed by atoms with Gasteiger partial charge < -0.3 is 15.2 Å². The lowest BCUT2D eigenvalue weighted by atomic mass is 10.1. The van der Waals surface area contributed by atoms with Crippen LogP contribution in [0.4, 0.5) is 5.69 Å². The number of amides is 1. The predicted molar refractivity (Wildman–Crippen MR) is 75.3 cm³/mol. The van der Waals surface area contributed by atoms with Crippen molar-refractivity contribution in [3.8, 4) is 0 Å². The van der Waals surface area contributed by atoms with Gasteiger partial charge in [0.25, 0.3) is 5.91 Å². The highest BCUT2D eigenvalue weighted by Gasteiger charge is 2.14. The SMILES string of the molecule is O=C(Nc1ccc(CO)cc1)c1ccc2c(c1)COC2. The molecule has 0 atom stereocenters. The molecule has 0 radical (unpaired) electrons. The summed E-state index contributed by atoms with van der Waals surface area (Å²) >= 11 is 0. The van der Waals surface area contributed by atoms with Crippen LogP contribution in [0.2, 0.25) is 0 Å². The largest absolute Gasteiger partial charge is 0.392 e. The van der Waals surface area contributed by atoms with Crippen LogP contribution in [0.25, 0.3) is 0 Å². The van der Waals surface area contributed by atoms with Gasteiger partial charge in [-0.3, -0.25) is 4.79 Å². The van der Waals surface area contributed by atoms with E-state index >= 15 is 0 Å². The van der Waals surface area contributed by atoms with Gasteiger partial charge in [0.1, 0.15) is 0 Å². The van der Waals surface area contributed by atoms with Gasteiger partial charge in [-0.05, 0) is 41.0 Å². The molecule has 1 amide bonds. The minimum Gasteiger partial charge on any atom is -0.392 e. The molecule has 0 bridgehead atoms. The van der Waals surface area contributed by atoms with Crippen molar-refractivity contribution in [2.24, 2.45) is 0 Å². The Morgan fingerprint density at radius 3 is 2.60 bits per heavy atom. The van der Waals surface area contributed by atoms with Gasteiger partial charge in [0.15, 0.2) is 0 Å². The second-order valence-corrected chi connectivity index (χ2v) is 4.79. The Labute approximate surface area is 117 Å². The van der Waals surface area contributed by atoms with Crippen molar-refractivity contribution in [1.82, 2.24) is 0 Å².